The average molecular weight is 251 g/mol. The smallest absolute Gasteiger partial charge is 0.172 e. The van der Waals surface area contributed by atoms with E-state index in [9.17, 15) is 0 Å². The van der Waals surface area contributed by atoms with Crippen LogP contribution in [-0.4, -0.2) is 4.21 Å². The van der Waals surface area contributed by atoms with E-state index >= 15 is 0 Å². The molecule has 0 heterocycles. The fourth-order valence-corrected chi connectivity index (χ4v) is 0.642. The zero-order valence-corrected chi connectivity index (χ0v) is 9.44. The van der Waals surface area contributed by atoms with Crippen LogP contribution in [0.25, 0.3) is 0 Å². The van der Waals surface area contributed by atoms with Crippen LogP contribution in [0.2, 0.25) is 0 Å². The molecule has 0 aliphatic rings. The van der Waals surface area contributed by atoms with Gasteiger partial charge in [-0.1, -0.05) is 7.43 Å². The molecule has 0 aliphatic carbocycles. The molecule has 1 heteroatoms. The Morgan fingerprint density at radius 1 is 0.692 bits per heavy atom. The molecule has 0 spiro atoms. The molecule has 0 fully saturated rings. The van der Waals surface area contributed by atoms with Gasteiger partial charge >= 0.3 is 28.4 Å². The Bertz CT molecular complexity index is 157. The summed E-state index contributed by atoms with van der Waals surface area (Å²) in [5, 5.41) is 0. The van der Waals surface area contributed by atoms with Crippen LogP contribution in [0.4, 0.5) is 0 Å². The molecule has 2 aromatic rings. The molecule has 0 nitrogen and oxygen atoms in total. The van der Waals surface area contributed by atoms with Gasteiger partial charge in [0.05, 0.1) is 0 Å². The fraction of sp³-hybridized carbons (Fsp3) is 0.0833. The van der Waals surface area contributed by atoms with Crippen molar-refractivity contribution in [3.05, 3.63) is 60.7 Å². The molecule has 0 aliphatic heterocycles. The summed E-state index contributed by atoms with van der Waals surface area (Å²) in [4.78, 5) is 0. The Labute approximate surface area is 96.3 Å². The normalized spacial score (nSPS) is 6.62. The minimum absolute atomic E-state index is 0. The third-order valence-electron chi connectivity index (χ3n) is 1.11. The predicted octanol–water partition coefficient (Wildman–Crippen LogP) is 3.41. The molecule has 0 radical (unpaired) electrons. The van der Waals surface area contributed by atoms with E-state index in [1.54, 1.807) is 0 Å². The van der Waals surface area contributed by atoms with Gasteiger partial charge in [-0.05, 0) is 0 Å². The molecule has 0 bridgehead atoms. The summed E-state index contributed by atoms with van der Waals surface area (Å²) in [6.07, 6.45) is 0. The van der Waals surface area contributed by atoms with E-state index in [-0.39, 0.29) is 7.43 Å². The van der Waals surface area contributed by atoms with Gasteiger partial charge in [-0.15, -0.1) is 0 Å². The Balaban J connectivity index is 0. The maximum Gasteiger partial charge on any atom is -0.172 e. The van der Waals surface area contributed by atoms with Crippen molar-refractivity contribution in [3.8, 4) is 0 Å². The summed E-state index contributed by atoms with van der Waals surface area (Å²) in [5.41, 5.74) is 0. The number of hydrogen-bond donors (Lipinski definition) is 0. The van der Waals surface area contributed by atoms with Crippen LogP contribution in [0.3, 0.4) is 0 Å². The molecule has 13 heavy (non-hydrogen) atoms. The Morgan fingerprint density at radius 2 is 0.923 bits per heavy atom. The molecule has 0 amide bonds. The van der Waals surface area contributed by atoms with Crippen molar-refractivity contribution in [2.24, 2.45) is 0 Å². The first kappa shape index (κ1) is 14.9. The van der Waals surface area contributed by atoms with E-state index in [1.165, 1.54) is 24.2 Å². The van der Waals surface area contributed by atoms with Gasteiger partial charge < -0.3 is 0 Å². The summed E-state index contributed by atoms with van der Waals surface area (Å²) >= 11 is 1.30. The molecule has 0 aromatic heterocycles. The SMILES string of the molecule is C.[CH2]=[Zr+2].c1cc[cH-]c1.c1cc[cH-]c1. The van der Waals surface area contributed by atoms with Crippen LogP contribution in [0.5, 0.6) is 0 Å². The fourth-order valence-electron chi connectivity index (χ4n) is 0.642. The number of rotatable bonds is 0. The quantitative estimate of drug-likeness (QED) is 0.630. The molecular formula is C12H16Zr. The van der Waals surface area contributed by atoms with Crippen LogP contribution < -0.4 is 0 Å². The summed E-state index contributed by atoms with van der Waals surface area (Å²) < 4.78 is 3.34. The molecule has 0 atom stereocenters. The molecule has 0 saturated carbocycles. The van der Waals surface area contributed by atoms with Crippen molar-refractivity contribution >= 4 is 4.21 Å². The first-order valence-corrected chi connectivity index (χ1v) is 5.42. The van der Waals surface area contributed by atoms with Gasteiger partial charge in [0.1, 0.15) is 0 Å². The van der Waals surface area contributed by atoms with Gasteiger partial charge in [-0.2, -0.15) is 36.4 Å². The van der Waals surface area contributed by atoms with Gasteiger partial charge in [-0.3, -0.25) is 0 Å². The molecule has 2 rings (SSSR count). The molecule has 68 valence electrons. The van der Waals surface area contributed by atoms with Crippen LogP contribution in [0.1, 0.15) is 7.43 Å². The third kappa shape index (κ3) is 11.5. The second-order valence-electron chi connectivity index (χ2n) is 1.92. The van der Waals surface area contributed by atoms with Crippen molar-refractivity contribution in [1.29, 1.82) is 0 Å². The van der Waals surface area contributed by atoms with E-state index in [0.717, 1.165) is 0 Å². The van der Waals surface area contributed by atoms with E-state index in [0.29, 0.717) is 0 Å². The molecule has 0 N–H and O–H groups in total. The van der Waals surface area contributed by atoms with Crippen molar-refractivity contribution in [3.63, 3.8) is 0 Å². The van der Waals surface area contributed by atoms with E-state index in [1.807, 2.05) is 60.7 Å². The van der Waals surface area contributed by atoms with Gasteiger partial charge in [-0.25, -0.2) is 24.3 Å². The molecular weight excluding hydrogens is 235 g/mol. The van der Waals surface area contributed by atoms with E-state index in [2.05, 4.69) is 4.21 Å². The molecule has 0 unspecified atom stereocenters. The first-order valence-electron chi connectivity index (χ1n) is 3.69. The number of hydrogen-bond acceptors (Lipinski definition) is 0. The van der Waals surface area contributed by atoms with E-state index in [4.69, 9.17) is 0 Å². The minimum atomic E-state index is 0. The van der Waals surface area contributed by atoms with Gasteiger partial charge in [0, 0.05) is 0 Å². The molecule has 0 saturated heterocycles. The minimum Gasteiger partial charge on any atom is -0.214 e. The monoisotopic (exact) mass is 250 g/mol. The van der Waals surface area contributed by atoms with Gasteiger partial charge in [0.2, 0.25) is 0 Å². The van der Waals surface area contributed by atoms with E-state index < -0.39 is 0 Å². The predicted molar refractivity (Wildman–Crippen MR) is 57.9 cm³/mol. The maximum atomic E-state index is 3.34. The third-order valence-corrected chi connectivity index (χ3v) is 1.11. The van der Waals surface area contributed by atoms with Crippen molar-refractivity contribution < 1.29 is 24.2 Å². The van der Waals surface area contributed by atoms with Crippen LogP contribution >= 0.6 is 0 Å². The standard InChI is InChI=1S/2C5H5.CH4.CH2.Zr/c2*1-2-4-5-3-1;;;/h2*1-5H;1H4;1H2;/q2*-1;;;+2. The Kier molecular flexibility index (Phi) is 16.1. The Hall–Kier alpha value is -0.547. The second kappa shape index (κ2) is 14.0. The largest absolute Gasteiger partial charge is 0.214 e. The van der Waals surface area contributed by atoms with Crippen molar-refractivity contribution in [1.82, 2.24) is 0 Å². The van der Waals surface area contributed by atoms with Crippen LogP contribution in [-0.2, 0) is 24.2 Å². The first-order chi connectivity index (χ1) is 6.00. The Morgan fingerprint density at radius 3 is 1.00 bits per heavy atom. The van der Waals surface area contributed by atoms with Crippen molar-refractivity contribution in [2.75, 3.05) is 0 Å². The zero-order chi connectivity index (χ0) is 9.07. The van der Waals surface area contributed by atoms with Gasteiger partial charge in [0.25, 0.3) is 0 Å². The average Bonchev–Trinajstić information content (AvgIpc) is 2.87. The van der Waals surface area contributed by atoms with Crippen LogP contribution in [0.15, 0.2) is 60.7 Å². The zero-order valence-electron chi connectivity index (χ0n) is 6.98. The second-order valence-corrected chi connectivity index (χ2v) is 1.92. The van der Waals surface area contributed by atoms with Gasteiger partial charge in [0.15, 0.2) is 0 Å². The summed E-state index contributed by atoms with van der Waals surface area (Å²) in [6.45, 7) is 0. The summed E-state index contributed by atoms with van der Waals surface area (Å²) in [5.74, 6) is 0. The molecule has 2 aromatic carbocycles. The topological polar surface area (TPSA) is 0 Å². The summed E-state index contributed by atoms with van der Waals surface area (Å²) in [7, 11) is 0. The van der Waals surface area contributed by atoms with Crippen LogP contribution in [0, 0.1) is 0 Å². The summed E-state index contributed by atoms with van der Waals surface area (Å²) in [6, 6.07) is 20.0. The maximum absolute atomic E-state index is 3.34. The van der Waals surface area contributed by atoms with Crippen molar-refractivity contribution in [2.45, 2.75) is 7.43 Å².